The van der Waals surface area contributed by atoms with Crippen molar-refractivity contribution in [1.29, 1.82) is 0 Å². The van der Waals surface area contributed by atoms with Gasteiger partial charge in [-0.3, -0.25) is 4.90 Å². The minimum atomic E-state index is 0. The predicted molar refractivity (Wildman–Crippen MR) is 80.2 cm³/mol. The zero-order valence-electron chi connectivity index (χ0n) is 10.5. The first-order chi connectivity index (χ1) is 7.36. The van der Waals surface area contributed by atoms with Crippen LogP contribution in [0.3, 0.4) is 0 Å². The van der Waals surface area contributed by atoms with Gasteiger partial charge in [-0.25, -0.2) is 0 Å². The van der Waals surface area contributed by atoms with Gasteiger partial charge in [0.25, 0.3) is 0 Å². The van der Waals surface area contributed by atoms with E-state index < -0.39 is 0 Å². The summed E-state index contributed by atoms with van der Waals surface area (Å²) in [6.45, 7) is 6.33. The quantitative estimate of drug-likeness (QED) is 0.831. The lowest BCUT2D eigenvalue weighted by atomic mass is 10.2. The van der Waals surface area contributed by atoms with Crippen molar-refractivity contribution in [3.8, 4) is 0 Å². The Kier molecular flexibility index (Phi) is 13.7. The van der Waals surface area contributed by atoms with Crippen LogP contribution in [0, 0.1) is 0 Å². The van der Waals surface area contributed by atoms with E-state index in [2.05, 4.69) is 42.2 Å². The highest BCUT2D eigenvalue weighted by Crippen LogP contribution is 2.05. The fraction of sp³-hybridized carbons (Fsp3) is 0.538. The van der Waals surface area contributed by atoms with Crippen molar-refractivity contribution < 1.29 is 0 Å². The molecule has 0 bridgehead atoms. The topological polar surface area (TPSA) is 29.3 Å². The monoisotopic (exact) mass is 278 g/mol. The molecule has 1 rings (SSSR count). The third-order valence-corrected chi connectivity index (χ3v) is 2.47. The lowest BCUT2D eigenvalue weighted by Crippen LogP contribution is -2.26. The number of nitrogens with two attached hydrogens (primary N) is 1. The van der Waals surface area contributed by atoms with Gasteiger partial charge in [0.2, 0.25) is 0 Å². The predicted octanol–water partition coefficient (Wildman–Crippen LogP) is 3.09. The first-order valence-corrected chi connectivity index (χ1v) is 5.83. The standard InChI is InChI=1S/C13H22N2.2ClH/c1-2-10-15(11-6-9-14)12-13-7-4-3-5-8-13;;/h3-5,7-8H,2,6,9-12,14H2,1H3;2*1H. The summed E-state index contributed by atoms with van der Waals surface area (Å²) in [6, 6.07) is 10.6. The highest BCUT2D eigenvalue weighted by atomic mass is 35.5. The molecule has 1 aromatic carbocycles. The van der Waals surface area contributed by atoms with Crippen LogP contribution in [0.4, 0.5) is 0 Å². The number of hydrogen-bond acceptors (Lipinski definition) is 2. The Morgan fingerprint density at radius 2 is 1.71 bits per heavy atom. The largest absolute Gasteiger partial charge is 0.330 e. The van der Waals surface area contributed by atoms with Gasteiger partial charge in [-0.2, -0.15) is 0 Å². The Balaban J connectivity index is 0. The molecule has 0 radical (unpaired) electrons. The summed E-state index contributed by atoms with van der Waals surface area (Å²) in [7, 11) is 0. The first-order valence-electron chi connectivity index (χ1n) is 5.83. The molecule has 0 aliphatic heterocycles. The Hall–Kier alpha value is -0.280. The second-order valence-corrected chi connectivity index (χ2v) is 3.90. The molecule has 0 unspecified atom stereocenters. The first kappa shape index (κ1) is 19.1. The highest BCUT2D eigenvalue weighted by Gasteiger charge is 2.03. The maximum atomic E-state index is 5.54. The fourth-order valence-electron chi connectivity index (χ4n) is 1.74. The van der Waals surface area contributed by atoms with Gasteiger partial charge >= 0.3 is 0 Å². The molecular weight excluding hydrogens is 255 g/mol. The molecule has 0 amide bonds. The van der Waals surface area contributed by atoms with Crippen molar-refractivity contribution in [1.82, 2.24) is 4.90 Å². The molecule has 4 heteroatoms. The molecule has 0 atom stereocenters. The number of nitrogens with zero attached hydrogens (tertiary/aromatic N) is 1. The average molecular weight is 279 g/mol. The van der Waals surface area contributed by atoms with Gasteiger partial charge in [-0.1, -0.05) is 37.3 Å². The molecule has 0 saturated carbocycles. The molecule has 0 aromatic heterocycles. The fourth-order valence-corrected chi connectivity index (χ4v) is 1.74. The van der Waals surface area contributed by atoms with Crippen LogP contribution in [0.25, 0.3) is 0 Å². The minimum Gasteiger partial charge on any atom is -0.330 e. The summed E-state index contributed by atoms with van der Waals surface area (Å²) in [4.78, 5) is 2.47. The maximum absolute atomic E-state index is 5.54. The van der Waals surface area contributed by atoms with Crippen LogP contribution < -0.4 is 5.73 Å². The van der Waals surface area contributed by atoms with E-state index in [-0.39, 0.29) is 24.8 Å². The molecule has 17 heavy (non-hydrogen) atoms. The van der Waals surface area contributed by atoms with Crippen molar-refractivity contribution in [2.75, 3.05) is 19.6 Å². The lowest BCUT2D eigenvalue weighted by Gasteiger charge is -2.21. The molecule has 1 aromatic rings. The zero-order chi connectivity index (χ0) is 10.9. The molecule has 0 aliphatic rings. The summed E-state index contributed by atoms with van der Waals surface area (Å²) in [5.74, 6) is 0. The van der Waals surface area contributed by atoms with Crippen LogP contribution in [0.15, 0.2) is 30.3 Å². The van der Waals surface area contributed by atoms with Gasteiger partial charge in [0.15, 0.2) is 0 Å². The van der Waals surface area contributed by atoms with Crippen molar-refractivity contribution in [3.63, 3.8) is 0 Å². The number of benzene rings is 1. The van der Waals surface area contributed by atoms with Crippen molar-refractivity contribution in [2.24, 2.45) is 5.73 Å². The van der Waals surface area contributed by atoms with E-state index in [1.807, 2.05) is 0 Å². The van der Waals surface area contributed by atoms with E-state index in [1.165, 1.54) is 12.0 Å². The summed E-state index contributed by atoms with van der Waals surface area (Å²) in [5.41, 5.74) is 6.93. The summed E-state index contributed by atoms with van der Waals surface area (Å²) < 4.78 is 0. The van der Waals surface area contributed by atoms with Crippen LogP contribution in [-0.2, 0) is 6.54 Å². The Morgan fingerprint density at radius 1 is 1.06 bits per heavy atom. The van der Waals surface area contributed by atoms with E-state index in [0.717, 1.165) is 32.6 Å². The van der Waals surface area contributed by atoms with E-state index in [0.29, 0.717) is 0 Å². The summed E-state index contributed by atoms with van der Waals surface area (Å²) in [6.07, 6.45) is 2.30. The molecule has 2 nitrogen and oxygen atoms in total. The molecule has 0 fully saturated rings. The molecule has 0 spiro atoms. The summed E-state index contributed by atoms with van der Waals surface area (Å²) in [5, 5.41) is 0. The van der Waals surface area contributed by atoms with Crippen LogP contribution >= 0.6 is 24.8 Å². The lowest BCUT2D eigenvalue weighted by molar-refractivity contribution is 0.264. The molecular formula is C13H24Cl2N2. The third kappa shape index (κ3) is 8.44. The van der Waals surface area contributed by atoms with Crippen molar-refractivity contribution in [3.05, 3.63) is 35.9 Å². The number of rotatable bonds is 7. The maximum Gasteiger partial charge on any atom is 0.0233 e. The van der Waals surface area contributed by atoms with Crippen LogP contribution in [0.2, 0.25) is 0 Å². The van der Waals surface area contributed by atoms with Gasteiger partial charge in [-0.15, -0.1) is 24.8 Å². The van der Waals surface area contributed by atoms with Crippen LogP contribution in [-0.4, -0.2) is 24.5 Å². The Morgan fingerprint density at radius 3 is 2.24 bits per heavy atom. The smallest absolute Gasteiger partial charge is 0.0233 e. The third-order valence-electron chi connectivity index (χ3n) is 2.47. The molecule has 0 aliphatic carbocycles. The second kappa shape index (κ2) is 12.2. The van der Waals surface area contributed by atoms with Crippen molar-refractivity contribution in [2.45, 2.75) is 26.3 Å². The van der Waals surface area contributed by atoms with Crippen LogP contribution in [0.5, 0.6) is 0 Å². The second-order valence-electron chi connectivity index (χ2n) is 3.90. The number of hydrogen-bond donors (Lipinski definition) is 1. The highest BCUT2D eigenvalue weighted by molar-refractivity contribution is 5.85. The van der Waals surface area contributed by atoms with Gasteiger partial charge in [0, 0.05) is 6.54 Å². The van der Waals surface area contributed by atoms with Gasteiger partial charge in [0.1, 0.15) is 0 Å². The Bertz CT molecular complexity index is 255. The van der Waals surface area contributed by atoms with Gasteiger partial charge < -0.3 is 5.73 Å². The van der Waals surface area contributed by atoms with Gasteiger partial charge in [-0.05, 0) is 38.0 Å². The normalized spacial score (nSPS) is 9.59. The van der Waals surface area contributed by atoms with Crippen molar-refractivity contribution >= 4 is 24.8 Å². The van der Waals surface area contributed by atoms with E-state index in [9.17, 15) is 0 Å². The van der Waals surface area contributed by atoms with Crippen LogP contribution in [0.1, 0.15) is 25.3 Å². The minimum absolute atomic E-state index is 0. The SMILES string of the molecule is CCCN(CCCN)Cc1ccccc1.Cl.Cl. The number of halogens is 2. The molecule has 0 heterocycles. The average Bonchev–Trinajstić information content (AvgIpc) is 2.28. The molecule has 0 saturated heterocycles. The molecule has 2 N–H and O–H groups in total. The van der Waals surface area contributed by atoms with Gasteiger partial charge in [0.05, 0.1) is 0 Å². The van der Waals surface area contributed by atoms with E-state index >= 15 is 0 Å². The molecule has 100 valence electrons. The Labute approximate surface area is 117 Å². The zero-order valence-corrected chi connectivity index (χ0v) is 12.1. The van der Waals surface area contributed by atoms with E-state index in [1.54, 1.807) is 0 Å². The van der Waals surface area contributed by atoms with E-state index in [4.69, 9.17) is 5.73 Å². The summed E-state index contributed by atoms with van der Waals surface area (Å²) >= 11 is 0.